The second-order valence-corrected chi connectivity index (χ2v) is 1.39. The van der Waals surface area contributed by atoms with Gasteiger partial charge in [0.25, 0.3) is 0 Å². The van der Waals surface area contributed by atoms with Crippen molar-refractivity contribution in [2.24, 2.45) is 0 Å². The third-order valence-corrected chi connectivity index (χ3v) is 0.552. The zero-order valence-corrected chi connectivity index (χ0v) is 7.75. The van der Waals surface area contributed by atoms with Crippen LogP contribution in [0.5, 0.6) is 0 Å². The maximum Gasteiger partial charge on any atom is 0.317 e. The van der Waals surface area contributed by atoms with Gasteiger partial charge in [-0.1, -0.05) is 0 Å². The van der Waals surface area contributed by atoms with E-state index in [1.807, 2.05) is 0 Å². The third-order valence-electron chi connectivity index (χ3n) is 0.552. The van der Waals surface area contributed by atoms with E-state index in [9.17, 15) is 9.59 Å². The smallest absolute Gasteiger partial charge is 0.317 e. The first kappa shape index (κ1) is 22.6. The van der Waals surface area contributed by atoms with Crippen LogP contribution >= 0.6 is 0 Å². The molecule has 0 saturated carbocycles. The van der Waals surface area contributed by atoms with Crippen molar-refractivity contribution in [3.05, 3.63) is 0 Å². The van der Waals surface area contributed by atoms with Gasteiger partial charge in [0.15, 0.2) is 0 Å². The van der Waals surface area contributed by atoms with Crippen molar-refractivity contribution in [3.8, 4) is 0 Å². The fourth-order valence-corrected chi connectivity index (χ4v) is 0.276. The number of carboxylic acid groups (broad SMARTS) is 2. The zero-order valence-electron chi connectivity index (χ0n) is 6.33. The molecular weight excluding hydrogens is 182 g/mol. The van der Waals surface area contributed by atoms with E-state index in [4.69, 9.17) is 10.2 Å². The average Bonchev–Trinajstić information content (AvgIpc) is 1.63. The monoisotopic (exact) mass is 193 g/mol. The molecule has 12 heavy (non-hydrogen) atoms. The van der Waals surface area contributed by atoms with Crippen molar-refractivity contribution in [1.82, 2.24) is 5.32 Å². The lowest BCUT2D eigenvalue weighted by Gasteiger charge is -1.93. The SMILES string of the molecule is O.O.O=C(O)CNCC(=O)O.[Mg]. The molecule has 0 spiro atoms. The molecule has 0 atom stereocenters. The molecule has 0 aromatic carbocycles. The Morgan fingerprint density at radius 1 is 1.00 bits per heavy atom. The van der Waals surface area contributed by atoms with Gasteiger partial charge in [-0.15, -0.1) is 0 Å². The number of carbonyl (C=O) groups is 2. The summed E-state index contributed by atoms with van der Waals surface area (Å²) in [5, 5.41) is 18.1. The van der Waals surface area contributed by atoms with E-state index in [-0.39, 0.29) is 47.1 Å². The van der Waals surface area contributed by atoms with Gasteiger partial charge >= 0.3 is 11.9 Å². The summed E-state index contributed by atoms with van der Waals surface area (Å²) in [5.74, 6) is -2.12. The summed E-state index contributed by atoms with van der Waals surface area (Å²) in [6, 6.07) is 0. The van der Waals surface area contributed by atoms with E-state index in [2.05, 4.69) is 5.32 Å². The van der Waals surface area contributed by atoms with Crippen molar-refractivity contribution in [1.29, 1.82) is 0 Å². The molecule has 7 nitrogen and oxygen atoms in total. The van der Waals surface area contributed by atoms with Crippen molar-refractivity contribution in [2.45, 2.75) is 0 Å². The molecule has 0 aromatic heterocycles. The Labute approximate surface area is 84.5 Å². The molecule has 0 unspecified atom stereocenters. The Morgan fingerprint density at radius 3 is 1.42 bits per heavy atom. The predicted octanol–water partition coefficient (Wildman–Crippen LogP) is -3.28. The summed E-state index contributed by atoms with van der Waals surface area (Å²) < 4.78 is 0. The highest BCUT2D eigenvalue weighted by Gasteiger charge is 1.97. The first-order chi connectivity index (χ1) is 4.13. The molecule has 0 aromatic rings. The van der Waals surface area contributed by atoms with Gasteiger partial charge in [-0.2, -0.15) is 0 Å². The lowest BCUT2D eigenvalue weighted by Crippen LogP contribution is -2.27. The van der Waals surface area contributed by atoms with E-state index < -0.39 is 11.9 Å². The number of hydrogen-bond acceptors (Lipinski definition) is 3. The van der Waals surface area contributed by atoms with Gasteiger partial charge in [-0.25, -0.2) is 0 Å². The van der Waals surface area contributed by atoms with Crippen molar-refractivity contribution in [3.63, 3.8) is 0 Å². The minimum atomic E-state index is -1.06. The number of nitrogens with one attached hydrogen (secondary N) is 1. The van der Waals surface area contributed by atoms with Gasteiger partial charge < -0.3 is 21.2 Å². The van der Waals surface area contributed by atoms with Gasteiger partial charge in [0, 0.05) is 23.1 Å². The topological polar surface area (TPSA) is 150 Å². The maximum absolute atomic E-state index is 9.73. The first-order valence-corrected chi connectivity index (χ1v) is 2.27. The van der Waals surface area contributed by atoms with Gasteiger partial charge in [-0.05, 0) is 0 Å². The lowest BCUT2D eigenvalue weighted by molar-refractivity contribution is -0.137. The van der Waals surface area contributed by atoms with Crippen molar-refractivity contribution < 1.29 is 30.8 Å². The van der Waals surface area contributed by atoms with Crippen molar-refractivity contribution >= 4 is 35.0 Å². The van der Waals surface area contributed by atoms with Gasteiger partial charge in [0.2, 0.25) is 0 Å². The Bertz CT molecular complexity index is 115. The average molecular weight is 193 g/mol. The molecule has 7 N–H and O–H groups in total. The highest BCUT2D eigenvalue weighted by atomic mass is 24.3. The zero-order chi connectivity index (χ0) is 7.28. The Kier molecular flexibility index (Phi) is 24.8. The van der Waals surface area contributed by atoms with Crippen LogP contribution in [0.15, 0.2) is 0 Å². The normalized spacial score (nSPS) is 6.67. The molecule has 0 bridgehead atoms. The van der Waals surface area contributed by atoms with Crippen LogP contribution in [0.2, 0.25) is 0 Å². The van der Waals surface area contributed by atoms with Crippen LogP contribution in [0.4, 0.5) is 0 Å². The maximum atomic E-state index is 9.73. The van der Waals surface area contributed by atoms with Crippen molar-refractivity contribution in [2.75, 3.05) is 13.1 Å². The van der Waals surface area contributed by atoms with E-state index in [1.165, 1.54) is 0 Å². The largest absolute Gasteiger partial charge is 0.480 e. The van der Waals surface area contributed by atoms with Crippen LogP contribution in [0.3, 0.4) is 0 Å². The number of carboxylic acids is 2. The standard InChI is InChI=1S/C4H7NO4.Mg.2H2O/c6-3(7)1-5-2-4(8)9;;;/h5H,1-2H2,(H,6,7)(H,8,9);;2*1H2. The predicted molar refractivity (Wildman–Crippen MR) is 41.1 cm³/mol. The molecule has 0 fully saturated rings. The first-order valence-electron chi connectivity index (χ1n) is 2.27. The van der Waals surface area contributed by atoms with E-state index in [0.29, 0.717) is 0 Å². The Morgan fingerprint density at radius 2 is 1.25 bits per heavy atom. The third kappa shape index (κ3) is 22.6. The summed E-state index contributed by atoms with van der Waals surface area (Å²) in [4.78, 5) is 19.5. The molecule has 0 saturated heterocycles. The summed E-state index contributed by atoms with van der Waals surface area (Å²) in [7, 11) is 0. The molecule has 8 heteroatoms. The molecule has 0 rings (SSSR count). The molecule has 0 amide bonds. The lowest BCUT2D eigenvalue weighted by atomic mass is 10.6. The van der Waals surface area contributed by atoms with Crippen LogP contribution in [0.25, 0.3) is 0 Å². The molecular formula is C4H11MgNO6. The number of aliphatic carboxylic acids is 2. The summed E-state index contributed by atoms with van der Waals surface area (Å²) >= 11 is 0. The molecule has 0 aliphatic heterocycles. The molecule has 0 aliphatic rings. The van der Waals surface area contributed by atoms with Crippen LogP contribution in [0.1, 0.15) is 0 Å². The minimum absolute atomic E-state index is 0. The quantitative estimate of drug-likeness (QED) is 0.400. The van der Waals surface area contributed by atoms with Crippen LogP contribution in [-0.2, 0) is 9.59 Å². The van der Waals surface area contributed by atoms with Gasteiger partial charge in [-0.3, -0.25) is 14.9 Å². The number of rotatable bonds is 4. The fourth-order valence-electron chi connectivity index (χ4n) is 0.276. The van der Waals surface area contributed by atoms with Crippen LogP contribution in [-0.4, -0.2) is 69.2 Å². The van der Waals surface area contributed by atoms with Crippen LogP contribution < -0.4 is 5.32 Å². The van der Waals surface area contributed by atoms with Gasteiger partial charge in [0.05, 0.1) is 13.1 Å². The Balaban J connectivity index is -0.000000107. The molecule has 0 heterocycles. The van der Waals surface area contributed by atoms with E-state index in [0.717, 1.165) is 0 Å². The van der Waals surface area contributed by atoms with Gasteiger partial charge in [0.1, 0.15) is 0 Å². The summed E-state index contributed by atoms with van der Waals surface area (Å²) in [6.07, 6.45) is 0. The summed E-state index contributed by atoms with van der Waals surface area (Å²) in [5.41, 5.74) is 0. The molecule has 70 valence electrons. The molecule has 0 aliphatic carbocycles. The highest BCUT2D eigenvalue weighted by Crippen LogP contribution is 1.61. The Hall–Kier alpha value is -0.414. The second-order valence-electron chi connectivity index (χ2n) is 1.39. The second kappa shape index (κ2) is 13.2. The van der Waals surface area contributed by atoms with Crippen LogP contribution in [0, 0.1) is 0 Å². The van der Waals surface area contributed by atoms with E-state index >= 15 is 0 Å². The fraction of sp³-hybridized carbons (Fsp3) is 0.500. The summed E-state index contributed by atoms with van der Waals surface area (Å²) in [6.45, 7) is -0.626. The van der Waals surface area contributed by atoms with E-state index in [1.54, 1.807) is 0 Å². The highest BCUT2D eigenvalue weighted by molar-refractivity contribution is 5.75. The minimum Gasteiger partial charge on any atom is -0.480 e. The molecule has 2 radical (unpaired) electrons. The number of hydrogen-bond donors (Lipinski definition) is 3.